The SMILES string of the molecule is CCOC(=O)CCN(c1cc(OC)cc(OC)c1)c1ccc2ncc(-c3cnn(C)c3)nc2c1.COc1cc(OC)cc(N(CCN2CCOCC2)c2ccc3ncc(C4=CC(C)N=C4)nc3c2)c1.COc1cc(OCCO)cc(N(CC2CC2)c2ccc3ncc(-c4cn[nH]c4)nc3c2)c1. The number of anilines is 6. The van der Waals surface area contributed by atoms with Gasteiger partial charge in [-0.05, 0) is 93.3 Å². The lowest BCUT2D eigenvalue weighted by Gasteiger charge is -2.31. The number of rotatable bonds is 26. The molecule has 11 aromatic rings. The molecule has 14 rings (SSSR count). The Labute approximate surface area is 586 Å². The van der Waals surface area contributed by atoms with Gasteiger partial charge in [0.15, 0.2) is 0 Å². The molecule has 0 bridgehead atoms. The molecule has 1 atom stereocenters. The summed E-state index contributed by atoms with van der Waals surface area (Å²) >= 11 is 0. The summed E-state index contributed by atoms with van der Waals surface area (Å²) in [6.07, 6.45) is 19.2. The van der Waals surface area contributed by atoms with Gasteiger partial charge >= 0.3 is 5.97 Å². The molecule has 1 unspecified atom stereocenters. The van der Waals surface area contributed by atoms with Crippen molar-refractivity contribution >= 4 is 85.0 Å². The lowest BCUT2D eigenvalue weighted by atomic mass is 10.1. The summed E-state index contributed by atoms with van der Waals surface area (Å²) in [5.41, 5.74) is 15.7. The van der Waals surface area contributed by atoms with Gasteiger partial charge < -0.3 is 57.7 Å². The molecule has 1 saturated heterocycles. The van der Waals surface area contributed by atoms with Gasteiger partial charge in [0.1, 0.15) is 41.1 Å². The van der Waals surface area contributed by atoms with Gasteiger partial charge in [0.2, 0.25) is 0 Å². The normalized spacial score (nSPS) is 14.1. The van der Waals surface area contributed by atoms with Crippen LogP contribution in [0.3, 0.4) is 0 Å². The minimum atomic E-state index is -0.262. The van der Waals surface area contributed by atoms with Gasteiger partial charge in [0.25, 0.3) is 0 Å². The Morgan fingerprint density at radius 2 is 1.10 bits per heavy atom. The highest BCUT2D eigenvalue weighted by atomic mass is 16.5. The zero-order valence-electron chi connectivity index (χ0n) is 58.0. The number of aliphatic hydroxyl groups is 1. The number of fused-ring (bicyclic) bond motifs is 3. The first kappa shape index (κ1) is 69.6. The molecule has 5 aromatic heterocycles. The summed E-state index contributed by atoms with van der Waals surface area (Å²) in [7, 11) is 10.1. The average Bonchev–Trinajstić information content (AvgIpc) is 1.71. The number of aromatic nitrogens is 10. The van der Waals surface area contributed by atoms with Gasteiger partial charge in [0, 0.05) is 170 Å². The van der Waals surface area contributed by atoms with Crippen LogP contribution >= 0.6 is 0 Å². The minimum absolute atomic E-state index is 0.0410. The highest BCUT2D eigenvalue weighted by molar-refractivity contribution is 6.11. The van der Waals surface area contributed by atoms with E-state index in [1.807, 2.05) is 116 Å². The van der Waals surface area contributed by atoms with Crippen molar-refractivity contribution in [2.75, 3.05) is 123 Å². The fourth-order valence-corrected chi connectivity index (χ4v) is 11.8. The fourth-order valence-electron chi connectivity index (χ4n) is 11.8. The van der Waals surface area contributed by atoms with Crippen molar-refractivity contribution < 1.29 is 47.8 Å². The van der Waals surface area contributed by atoms with Gasteiger partial charge in [-0.2, -0.15) is 10.2 Å². The number of esters is 1. The van der Waals surface area contributed by atoms with E-state index in [0.29, 0.717) is 42.1 Å². The fraction of sp³-hybridized carbons (Fsp3) is 0.316. The Hall–Kier alpha value is -11.3. The number of hydrogen-bond acceptors (Lipinski definition) is 23. The number of benzene rings is 6. The Bertz CT molecular complexity index is 4650. The molecule has 1 aliphatic carbocycles. The number of allylic oxidation sites excluding steroid dienone is 1. The van der Waals surface area contributed by atoms with E-state index in [0.717, 1.165) is 158 Å². The van der Waals surface area contributed by atoms with E-state index in [9.17, 15) is 4.79 Å². The van der Waals surface area contributed by atoms with Crippen LogP contribution in [0.25, 0.3) is 61.2 Å². The molecular formula is C76H83N15O10. The molecule has 2 fully saturated rings. The summed E-state index contributed by atoms with van der Waals surface area (Å²) in [6.45, 7) is 10.8. The Morgan fingerprint density at radius 1 is 0.594 bits per heavy atom. The van der Waals surface area contributed by atoms with Crippen LogP contribution in [0.2, 0.25) is 0 Å². The van der Waals surface area contributed by atoms with Crippen LogP contribution in [0.4, 0.5) is 34.1 Å². The summed E-state index contributed by atoms with van der Waals surface area (Å²) in [4.78, 5) is 53.9. The third-order valence-corrected chi connectivity index (χ3v) is 17.3. The second-order valence-corrected chi connectivity index (χ2v) is 24.3. The van der Waals surface area contributed by atoms with Crippen molar-refractivity contribution in [1.82, 2.24) is 54.8 Å². The van der Waals surface area contributed by atoms with Crippen LogP contribution in [0, 0.1) is 5.92 Å². The molecule has 3 aliphatic rings. The smallest absolute Gasteiger partial charge is 0.307 e. The maximum atomic E-state index is 12.1. The molecular weight excluding hydrogens is 1280 g/mol. The first-order valence-electron chi connectivity index (χ1n) is 33.6. The standard InChI is InChI=1S/C27H31N5O3.C25H27N5O4.C24H25N5O3/c1-19-12-20(17-28-19)27-18-29-25-5-4-21(15-26(25)30-27)32(7-6-31-8-10-35-11-9-31)22-13-23(33-2)16-24(14-22)34-3;1-5-34-25(31)8-9-30(19-10-20(32-3)13-21(11-19)33-4)18-6-7-22-23(12-18)28-24(15-26-22)17-14-27-29(2)16-17;1-31-20-8-19(9-21(11-20)32-7-6-30)29(15-16-2-3-16)18-4-5-22-23(10-18)28-24(14-25-22)17-12-26-27-13-17/h4-5,12-19H,6-11H2,1-3H3;6-7,10-16H,5,8-9H2,1-4H3;4-5,8-14,16,30H,2-3,6-7,15H2,1H3,(H,26,27). The van der Waals surface area contributed by atoms with Gasteiger partial charge in [0.05, 0.1) is 156 Å². The highest BCUT2D eigenvalue weighted by Crippen LogP contribution is 2.41. The first-order valence-corrected chi connectivity index (χ1v) is 33.6. The van der Waals surface area contributed by atoms with Crippen molar-refractivity contribution in [2.45, 2.75) is 39.2 Å². The number of aryl methyl sites for hydroxylation is 1. The van der Waals surface area contributed by atoms with E-state index in [2.05, 4.69) is 87.2 Å². The number of aliphatic imine (C=N–C) groups is 1. The second-order valence-electron chi connectivity index (χ2n) is 24.3. The zero-order valence-corrected chi connectivity index (χ0v) is 58.0. The molecule has 0 radical (unpaired) electrons. The molecule has 1 saturated carbocycles. The number of aliphatic hydroxyl groups excluding tert-OH is 1. The molecule has 25 heteroatoms. The van der Waals surface area contributed by atoms with Crippen molar-refractivity contribution in [2.24, 2.45) is 18.0 Å². The number of carbonyl (C=O) groups excluding carboxylic acids is 1. The summed E-state index contributed by atoms with van der Waals surface area (Å²) in [6, 6.07) is 35.8. The van der Waals surface area contributed by atoms with Crippen molar-refractivity contribution in [1.29, 1.82) is 0 Å². The Balaban J connectivity index is 0.000000143. The van der Waals surface area contributed by atoms with Crippen molar-refractivity contribution in [3.8, 4) is 57.0 Å². The lowest BCUT2D eigenvalue weighted by molar-refractivity contribution is -0.142. The number of carbonyl (C=O) groups is 1. The Kier molecular flexibility index (Phi) is 22.8. The number of H-pyrrole nitrogens is 1. The van der Waals surface area contributed by atoms with Crippen LogP contribution in [0.15, 0.2) is 164 Å². The van der Waals surface area contributed by atoms with Crippen LogP contribution in [-0.4, -0.2) is 186 Å². The van der Waals surface area contributed by atoms with Crippen molar-refractivity contribution in [3.63, 3.8) is 0 Å². The predicted molar refractivity (Wildman–Crippen MR) is 391 cm³/mol. The van der Waals surface area contributed by atoms with E-state index in [4.69, 9.17) is 58.0 Å². The number of hydrogen-bond donors (Lipinski definition) is 2. The quantitative estimate of drug-likeness (QED) is 0.0477. The number of ether oxygens (including phenoxy) is 8. The zero-order chi connectivity index (χ0) is 70.2. The number of nitrogens with one attached hydrogen (secondary N) is 1. The predicted octanol–water partition coefficient (Wildman–Crippen LogP) is 12.1. The van der Waals surface area contributed by atoms with E-state index < -0.39 is 0 Å². The number of nitrogens with zero attached hydrogens (tertiary/aromatic N) is 14. The maximum Gasteiger partial charge on any atom is 0.307 e. The van der Waals surface area contributed by atoms with Crippen LogP contribution in [-0.2, 0) is 21.3 Å². The molecule has 25 nitrogen and oxygen atoms in total. The van der Waals surface area contributed by atoms with Crippen molar-refractivity contribution in [3.05, 3.63) is 164 Å². The molecule has 101 heavy (non-hydrogen) atoms. The summed E-state index contributed by atoms with van der Waals surface area (Å²) < 4.78 is 45.6. The molecule has 0 spiro atoms. The molecule has 2 N–H and O–H groups in total. The highest BCUT2D eigenvalue weighted by Gasteiger charge is 2.27. The molecule has 6 aromatic carbocycles. The van der Waals surface area contributed by atoms with Crippen LogP contribution < -0.4 is 43.1 Å². The van der Waals surface area contributed by atoms with Gasteiger partial charge in [-0.25, -0.2) is 15.0 Å². The van der Waals surface area contributed by atoms with E-state index in [1.54, 1.807) is 78.0 Å². The third-order valence-electron chi connectivity index (χ3n) is 17.3. The van der Waals surface area contributed by atoms with Crippen LogP contribution in [0.5, 0.6) is 34.5 Å². The van der Waals surface area contributed by atoms with E-state index in [1.165, 1.54) is 12.8 Å². The lowest BCUT2D eigenvalue weighted by Crippen LogP contribution is -2.40. The number of morpholine rings is 1. The third kappa shape index (κ3) is 17.8. The first-order chi connectivity index (χ1) is 49.4. The largest absolute Gasteiger partial charge is 0.497 e. The summed E-state index contributed by atoms with van der Waals surface area (Å²) in [5, 5.41) is 20.2. The summed E-state index contributed by atoms with van der Waals surface area (Å²) in [5.74, 6) is 4.56. The monoisotopic (exact) mass is 1370 g/mol. The molecule has 2 aliphatic heterocycles. The van der Waals surface area contributed by atoms with Gasteiger partial charge in [-0.1, -0.05) is 0 Å². The number of aromatic amines is 1. The van der Waals surface area contributed by atoms with Crippen LogP contribution in [0.1, 0.15) is 38.8 Å². The molecule has 7 heterocycles. The maximum absolute atomic E-state index is 12.1. The number of methoxy groups -OCH3 is 5. The van der Waals surface area contributed by atoms with Gasteiger partial charge in [-0.15, -0.1) is 0 Å². The minimum Gasteiger partial charge on any atom is -0.497 e. The topological polar surface area (TPSA) is 260 Å². The van der Waals surface area contributed by atoms with E-state index >= 15 is 0 Å². The molecule has 522 valence electrons. The second kappa shape index (κ2) is 33.1. The average molecular weight is 1370 g/mol. The van der Waals surface area contributed by atoms with Gasteiger partial charge in [-0.3, -0.25) is 39.4 Å². The Morgan fingerprint density at radius 3 is 1.58 bits per heavy atom. The van der Waals surface area contributed by atoms with E-state index in [-0.39, 0.29) is 31.6 Å². The molecule has 0 amide bonds.